The number of carbonyl (C=O) groups excluding carboxylic acids is 4. The standard InChI is InChI=1S/C20H38N8O6S/c1-10(2)8-13(27-16(30)11(21)4-3-7-25-20(23)24)17(31)28-14(9-35)18(32)26-12(19(33)34)5-6-15(22)29/h10-14,35H,3-9,21H2,1-2H3,(H2,22,29)(H,26,32)(H,27,30)(H,28,31)(H,33,34)(H4,23,24,25). The van der Waals surface area contributed by atoms with Gasteiger partial charge in [0.1, 0.15) is 18.1 Å². The third-order valence-electron chi connectivity index (χ3n) is 4.75. The topological polar surface area (TPSA) is 258 Å². The van der Waals surface area contributed by atoms with E-state index >= 15 is 0 Å². The Kier molecular flexibility index (Phi) is 15.1. The summed E-state index contributed by atoms with van der Waals surface area (Å²) in [4.78, 5) is 64.0. The quantitative estimate of drug-likeness (QED) is 0.0414. The molecule has 0 saturated heterocycles. The highest BCUT2D eigenvalue weighted by Gasteiger charge is 2.30. The fraction of sp³-hybridized carbons (Fsp3) is 0.700. The minimum Gasteiger partial charge on any atom is -0.480 e. The summed E-state index contributed by atoms with van der Waals surface area (Å²) in [6, 6.07) is -4.47. The van der Waals surface area contributed by atoms with Crippen LogP contribution in [0.3, 0.4) is 0 Å². The van der Waals surface area contributed by atoms with Crippen molar-refractivity contribution in [3.63, 3.8) is 0 Å². The number of thiol groups is 1. The summed E-state index contributed by atoms with van der Waals surface area (Å²) >= 11 is 4.06. The van der Waals surface area contributed by atoms with Crippen molar-refractivity contribution in [3.05, 3.63) is 0 Å². The second-order valence-corrected chi connectivity index (χ2v) is 8.76. The van der Waals surface area contributed by atoms with Gasteiger partial charge in [0.25, 0.3) is 0 Å². The van der Waals surface area contributed by atoms with Crippen LogP contribution in [0.4, 0.5) is 0 Å². The minimum absolute atomic E-state index is 0.0117. The largest absolute Gasteiger partial charge is 0.480 e. The van der Waals surface area contributed by atoms with Crippen molar-refractivity contribution in [1.29, 1.82) is 0 Å². The summed E-state index contributed by atoms with van der Waals surface area (Å²) in [7, 11) is 0. The third-order valence-corrected chi connectivity index (χ3v) is 5.12. The third kappa shape index (κ3) is 14.0. The molecule has 0 heterocycles. The zero-order valence-electron chi connectivity index (χ0n) is 20.0. The number of carbonyl (C=O) groups is 5. The van der Waals surface area contributed by atoms with Gasteiger partial charge in [0, 0.05) is 18.7 Å². The molecule has 0 saturated carbocycles. The molecule has 0 rings (SSSR count). The molecule has 15 heteroatoms. The highest BCUT2D eigenvalue weighted by Crippen LogP contribution is 2.07. The first-order valence-corrected chi connectivity index (χ1v) is 11.8. The summed E-state index contributed by atoms with van der Waals surface area (Å²) < 4.78 is 0. The lowest BCUT2D eigenvalue weighted by Crippen LogP contribution is -2.57. The van der Waals surface area contributed by atoms with E-state index in [4.69, 9.17) is 22.9 Å². The summed E-state index contributed by atoms with van der Waals surface area (Å²) in [5.41, 5.74) is 21.4. The van der Waals surface area contributed by atoms with E-state index in [-0.39, 0.29) is 43.3 Å². The van der Waals surface area contributed by atoms with Gasteiger partial charge in [-0.2, -0.15) is 12.6 Å². The van der Waals surface area contributed by atoms with E-state index in [9.17, 15) is 29.1 Å². The van der Waals surface area contributed by atoms with E-state index < -0.39 is 53.8 Å². The Morgan fingerprint density at radius 2 is 1.43 bits per heavy atom. The molecule has 0 spiro atoms. The van der Waals surface area contributed by atoms with E-state index in [0.29, 0.717) is 13.0 Å². The van der Waals surface area contributed by atoms with Gasteiger partial charge in [-0.05, 0) is 31.6 Å². The molecule has 0 aliphatic heterocycles. The van der Waals surface area contributed by atoms with Crippen molar-refractivity contribution in [2.75, 3.05) is 12.3 Å². The van der Waals surface area contributed by atoms with Gasteiger partial charge in [-0.3, -0.25) is 24.2 Å². The van der Waals surface area contributed by atoms with Crippen LogP contribution in [0, 0.1) is 5.92 Å². The van der Waals surface area contributed by atoms with Crippen LogP contribution in [-0.2, 0) is 24.0 Å². The monoisotopic (exact) mass is 518 g/mol. The van der Waals surface area contributed by atoms with Gasteiger partial charge < -0.3 is 44.0 Å². The van der Waals surface area contributed by atoms with Gasteiger partial charge in [-0.15, -0.1) is 0 Å². The first-order valence-electron chi connectivity index (χ1n) is 11.1. The molecule has 0 aliphatic carbocycles. The Labute approximate surface area is 209 Å². The van der Waals surface area contributed by atoms with Crippen molar-refractivity contribution < 1.29 is 29.1 Å². The van der Waals surface area contributed by atoms with Gasteiger partial charge in [0.15, 0.2) is 5.96 Å². The molecule has 4 unspecified atom stereocenters. The molecule has 0 bridgehead atoms. The number of carboxylic acids is 1. The molecule has 0 aromatic heterocycles. The maximum absolute atomic E-state index is 12.9. The minimum atomic E-state index is -1.38. The van der Waals surface area contributed by atoms with Gasteiger partial charge in [0.2, 0.25) is 23.6 Å². The number of primary amides is 1. The predicted molar refractivity (Wildman–Crippen MR) is 133 cm³/mol. The van der Waals surface area contributed by atoms with Crippen molar-refractivity contribution in [1.82, 2.24) is 16.0 Å². The average molecular weight is 519 g/mol. The van der Waals surface area contributed by atoms with Gasteiger partial charge in [0.05, 0.1) is 6.04 Å². The van der Waals surface area contributed by atoms with Crippen LogP contribution < -0.4 is 38.9 Å². The highest BCUT2D eigenvalue weighted by atomic mass is 32.1. The highest BCUT2D eigenvalue weighted by molar-refractivity contribution is 7.80. The van der Waals surface area contributed by atoms with E-state index in [1.807, 2.05) is 13.8 Å². The summed E-state index contributed by atoms with van der Waals surface area (Å²) in [5, 5.41) is 16.6. The van der Waals surface area contributed by atoms with E-state index in [2.05, 4.69) is 33.6 Å². The molecule has 0 aromatic carbocycles. The maximum Gasteiger partial charge on any atom is 0.326 e. The van der Waals surface area contributed by atoms with E-state index in [1.54, 1.807) is 0 Å². The van der Waals surface area contributed by atoms with E-state index in [1.165, 1.54) is 0 Å². The molecular formula is C20H38N8O6S. The molecular weight excluding hydrogens is 480 g/mol. The number of amides is 4. The molecule has 0 fully saturated rings. The fourth-order valence-corrected chi connectivity index (χ4v) is 3.17. The van der Waals surface area contributed by atoms with Gasteiger partial charge in [-0.25, -0.2) is 4.79 Å². The summed E-state index contributed by atoms with van der Waals surface area (Å²) in [6.45, 7) is 4.00. The first kappa shape index (κ1) is 31.9. The zero-order chi connectivity index (χ0) is 27.1. The van der Waals surface area contributed by atoms with Crippen LogP contribution in [0.5, 0.6) is 0 Å². The van der Waals surface area contributed by atoms with Crippen molar-refractivity contribution in [2.45, 2.75) is 70.1 Å². The molecule has 12 N–H and O–H groups in total. The van der Waals surface area contributed by atoms with Crippen molar-refractivity contribution in [3.8, 4) is 0 Å². The predicted octanol–water partition coefficient (Wildman–Crippen LogP) is -2.85. The molecule has 35 heavy (non-hydrogen) atoms. The van der Waals surface area contributed by atoms with Crippen LogP contribution in [0.25, 0.3) is 0 Å². The first-order chi connectivity index (χ1) is 16.3. The number of rotatable bonds is 17. The second-order valence-electron chi connectivity index (χ2n) is 8.39. The number of aliphatic imine (C=N–C) groups is 1. The van der Waals surface area contributed by atoms with E-state index in [0.717, 1.165) is 0 Å². The Bertz CT molecular complexity index is 775. The number of hydrogen-bond acceptors (Lipinski definition) is 8. The van der Waals surface area contributed by atoms with Gasteiger partial charge in [-0.1, -0.05) is 13.8 Å². The van der Waals surface area contributed by atoms with Gasteiger partial charge >= 0.3 is 5.97 Å². The number of nitrogens with zero attached hydrogens (tertiary/aromatic N) is 1. The molecule has 200 valence electrons. The Hall–Kier alpha value is -3.07. The number of nitrogens with one attached hydrogen (secondary N) is 3. The summed E-state index contributed by atoms with van der Waals surface area (Å²) in [6.07, 6.45) is 0.536. The number of guanidine groups is 1. The molecule has 0 aromatic rings. The second kappa shape index (κ2) is 16.5. The lowest BCUT2D eigenvalue weighted by molar-refractivity contribution is -0.142. The molecule has 0 radical (unpaired) electrons. The average Bonchev–Trinajstić information content (AvgIpc) is 2.75. The number of nitrogens with two attached hydrogens (primary N) is 4. The van der Waals surface area contributed by atoms with Crippen molar-refractivity contribution >= 4 is 48.2 Å². The maximum atomic E-state index is 12.9. The Morgan fingerprint density at radius 3 is 1.91 bits per heavy atom. The molecule has 14 nitrogen and oxygen atoms in total. The van der Waals surface area contributed by atoms with Crippen LogP contribution in [0.1, 0.15) is 46.0 Å². The molecule has 4 atom stereocenters. The zero-order valence-corrected chi connectivity index (χ0v) is 20.9. The van der Waals surface area contributed by atoms with Crippen LogP contribution >= 0.6 is 12.6 Å². The summed E-state index contributed by atoms with van der Waals surface area (Å²) in [5.74, 6) is -4.30. The lowest BCUT2D eigenvalue weighted by Gasteiger charge is -2.25. The van der Waals surface area contributed by atoms with Crippen LogP contribution in [-0.4, -0.2) is 77.1 Å². The smallest absolute Gasteiger partial charge is 0.326 e. The SMILES string of the molecule is CC(C)CC(NC(=O)C(N)CCCN=C(N)N)C(=O)NC(CS)C(=O)NC(CCC(N)=O)C(=O)O. The lowest BCUT2D eigenvalue weighted by atomic mass is 10.0. The number of hydrogen-bond donors (Lipinski definition) is 9. The van der Waals surface area contributed by atoms with Crippen LogP contribution in [0.15, 0.2) is 4.99 Å². The number of aliphatic carboxylic acids is 1. The molecule has 0 aliphatic rings. The van der Waals surface area contributed by atoms with Crippen molar-refractivity contribution in [2.24, 2.45) is 33.8 Å². The Morgan fingerprint density at radius 1 is 0.886 bits per heavy atom. The number of carboxylic acid groups (broad SMARTS) is 1. The van der Waals surface area contributed by atoms with Crippen LogP contribution in [0.2, 0.25) is 0 Å². The molecule has 4 amide bonds. The normalized spacial score (nSPS) is 14.2. The fourth-order valence-electron chi connectivity index (χ4n) is 2.91. The Balaban J connectivity index is 5.17.